The molecule has 6 nitrogen and oxygen atoms in total. The lowest BCUT2D eigenvalue weighted by molar-refractivity contribution is 0.707. The molecule has 2 aromatic heterocycles. The molecule has 0 amide bonds. The summed E-state index contributed by atoms with van der Waals surface area (Å²) >= 11 is 0. The summed E-state index contributed by atoms with van der Waals surface area (Å²) in [4.78, 5) is 28.8. The van der Waals surface area contributed by atoms with Crippen LogP contribution in [-0.4, -0.2) is 19.9 Å². The first kappa shape index (κ1) is 18.0. The fourth-order valence-corrected chi connectivity index (χ4v) is 3.13. The van der Waals surface area contributed by atoms with Crippen LogP contribution in [0, 0.1) is 20.8 Å². The Kier molecular flexibility index (Phi) is 5.30. The van der Waals surface area contributed by atoms with E-state index in [-0.39, 0.29) is 5.56 Å². The van der Waals surface area contributed by atoms with Crippen molar-refractivity contribution < 1.29 is 0 Å². The summed E-state index contributed by atoms with van der Waals surface area (Å²) < 4.78 is 0. The predicted molar refractivity (Wildman–Crippen MR) is 105 cm³/mol. The quantitative estimate of drug-likeness (QED) is 0.653. The molecule has 136 valence electrons. The molecule has 3 aromatic rings. The minimum Gasteiger partial charge on any atom is -0.294 e. The fraction of sp³-hybridized carbons (Fsp3) is 0.400. The molecule has 0 atom stereocenters. The van der Waals surface area contributed by atoms with E-state index in [0.29, 0.717) is 11.9 Å². The molecule has 0 aliphatic rings. The number of H-pyrrole nitrogens is 1. The molecule has 1 aromatic carbocycles. The lowest BCUT2D eigenvalue weighted by Gasteiger charge is -2.10. The van der Waals surface area contributed by atoms with Gasteiger partial charge in [-0.1, -0.05) is 38.0 Å². The van der Waals surface area contributed by atoms with E-state index in [9.17, 15) is 4.79 Å². The molecular weight excluding hydrogens is 326 g/mol. The lowest BCUT2D eigenvalue weighted by Crippen LogP contribution is -2.19. The first-order valence-corrected chi connectivity index (χ1v) is 9.10. The minimum absolute atomic E-state index is 0.0928. The summed E-state index contributed by atoms with van der Waals surface area (Å²) in [5, 5.41) is 4.08. The highest BCUT2D eigenvalue weighted by Gasteiger charge is 2.11. The summed E-state index contributed by atoms with van der Waals surface area (Å²) in [6.45, 7) is 7.99. The van der Waals surface area contributed by atoms with Crippen LogP contribution in [0.1, 0.15) is 48.7 Å². The maximum Gasteiger partial charge on any atom is 0.255 e. The minimum atomic E-state index is -0.0928. The smallest absolute Gasteiger partial charge is 0.255 e. The summed E-state index contributed by atoms with van der Waals surface area (Å²) in [6, 6.07) is 6.03. The van der Waals surface area contributed by atoms with Crippen LogP contribution in [-0.2, 0) is 6.42 Å². The molecule has 0 unspecified atom stereocenters. The molecule has 26 heavy (non-hydrogen) atoms. The number of unbranched alkanes of at least 4 members (excludes halogenated alkanes) is 2. The zero-order chi connectivity index (χ0) is 18.7. The zero-order valence-electron chi connectivity index (χ0n) is 15.8. The number of aromatic nitrogens is 4. The maximum absolute atomic E-state index is 12.4. The van der Waals surface area contributed by atoms with Crippen LogP contribution in [0.25, 0.3) is 10.9 Å². The number of benzene rings is 1. The van der Waals surface area contributed by atoms with Gasteiger partial charge in [0.25, 0.3) is 5.56 Å². The third kappa shape index (κ3) is 3.74. The van der Waals surface area contributed by atoms with E-state index in [2.05, 4.69) is 32.2 Å². The van der Waals surface area contributed by atoms with Crippen molar-refractivity contribution in [3.63, 3.8) is 0 Å². The van der Waals surface area contributed by atoms with Gasteiger partial charge in [-0.15, -0.1) is 0 Å². The van der Waals surface area contributed by atoms with E-state index in [1.807, 2.05) is 39.0 Å². The summed E-state index contributed by atoms with van der Waals surface area (Å²) in [7, 11) is 0. The lowest BCUT2D eigenvalue weighted by atomic mass is 10.1. The third-order valence-electron chi connectivity index (χ3n) is 4.60. The normalized spacial score (nSPS) is 11.1. The van der Waals surface area contributed by atoms with Gasteiger partial charge in [0.2, 0.25) is 11.9 Å². The van der Waals surface area contributed by atoms with Crippen LogP contribution < -0.4 is 10.9 Å². The monoisotopic (exact) mass is 351 g/mol. The van der Waals surface area contributed by atoms with Crippen molar-refractivity contribution in [3.8, 4) is 0 Å². The molecule has 0 saturated heterocycles. The SMILES string of the molecule is CCCCCc1c(C)nc(Nc2nc(C)c3cccc(C)c3n2)[nH]c1=O. The molecule has 0 bridgehead atoms. The van der Waals surface area contributed by atoms with E-state index in [0.717, 1.165) is 59.1 Å². The highest BCUT2D eigenvalue weighted by molar-refractivity contribution is 5.84. The van der Waals surface area contributed by atoms with Gasteiger partial charge in [0.15, 0.2) is 0 Å². The highest BCUT2D eigenvalue weighted by Crippen LogP contribution is 2.21. The van der Waals surface area contributed by atoms with Gasteiger partial charge >= 0.3 is 0 Å². The first-order chi connectivity index (χ1) is 12.5. The molecule has 0 aliphatic heterocycles. The second-order valence-electron chi connectivity index (χ2n) is 6.66. The van der Waals surface area contributed by atoms with Crippen LogP contribution in [0.15, 0.2) is 23.0 Å². The number of hydrogen-bond acceptors (Lipinski definition) is 5. The molecule has 0 radical (unpaired) electrons. The second-order valence-corrected chi connectivity index (χ2v) is 6.66. The van der Waals surface area contributed by atoms with Gasteiger partial charge in [-0.2, -0.15) is 0 Å². The number of aromatic amines is 1. The van der Waals surface area contributed by atoms with Gasteiger partial charge < -0.3 is 0 Å². The average Bonchev–Trinajstić information content (AvgIpc) is 2.58. The van der Waals surface area contributed by atoms with Crippen LogP contribution in [0.2, 0.25) is 0 Å². The topological polar surface area (TPSA) is 83.6 Å². The molecule has 2 heterocycles. The Balaban J connectivity index is 1.91. The van der Waals surface area contributed by atoms with E-state index in [4.69, 9.17) is 0 Å². The van der Waals surface area contributed by atoms with Gasteiger partial charge in [-0.3, -0.25) is 15.1 Å². The molecule has 0 fully saturated rings. The summed E-state index contributed by atoms with van der Waals surface area (Å²) in [5.74, 6) is 0.810. The third-order valence-corrected chi connectivity index (χ3v) is 4.60. The van der Waals surface area contributed by atoms with Crippen LogP contribution in [0.3, 0.4) is 0 Å². The van der Waals surface area contributed by atoms with Gasteiger partial charge in [0, 0.05) is 16.6 Å². The average molecular weight is 351 g/mol. The van der Waals surface area contributed by atoms with Crippen molar-refractivity contribution in [3.05, 3.63) is 51.1 Å². The van der Waals surface area contributed by atoms with Crippen LogP contribution in [0.5, 0.6) is 0 Å². The van der Waals surface area contributed by atoms with Crippen LogP contribution in [0.4, 0.5) is 11.9 Å². The van der Waals surface area contributed by atoms with Crippen molar-refractivity contribution in [2.75, 3.05) is 5.32 Å². The molecule has 0 aliphatic carbocycles. The van der Waals surface area contributed by atoms with E-state index in [1.54, 1.807) is 0 Å². The summed E-state index contributed by atoms with van der Waals surface area (Å²) in [6.07, 6.45) is 4.00. The number of hydrogen-bond donors (Lipinski definition) is 2. The Hall–Kier alpha value is -2.76. The Morgan fingerprint density at radius 2 is 1.85 bits per heavy atom. The molecule has 2 N–H and O–H groups in total. The van der Waals surface area contributed by atoms with Gasteiger partial charge in [0.1, 0.15) is 0 Å². The van der Waals surface area contributed by atoms with E-state index in [1.165, 1.54) is 0 Å². The van der Waals surface area contributed by atoms with E-state index >= 15 is 0 Å². The maximum atomic E-state index is 12.4. The first-order valence-electron chi connectivity index (χ1n) is 9.10. The molecule has 0 spiro atoms. The molecule has 6 heteroatoms. The number of rotatable bonds is 6. The number of aryl methyl sites for hydroxylation is 3. The molecule has 0 saturated carbocycles. The van der Waals surface area contributed by atoms with E-state index < -0.39 is 0 Å². The predicted octanol–water partition coefficient (Wildman–Crippen LogP) is 4.11. The van der Waals surface area contributed by atoms with Crippen molar-refractivity contribution in [1.29, 1.82) is 0 Å². The Labute approximate surface area is 153 Å². The van der Waals surface area contributed by atoms with Crippen molar-refractivity contribution in [1.82, 2.24) is 19.9 Å². The summed E-state index contributed by atoms with van der Waals surface area (Å²) in [5.41, 5.74) is 4.29. The number of fused-ring (bicyclic) bond motifs is 1. The number of para-hydroxylation sites is 1. The fourth-order valence-electron chi connectivity index (χ4n) is 3.13. The van der Waals surface area contributed by atoms with Gasteiger partial charge in [0.05, 0.1) is 11.2 Å². The number of nitrogens with one attached hydrogen (secondary N) is 2. The Morgan fingerprint density at radius 3 is 2.58 bits per heavy atom. The Bertz CT molecular complexity index is 993. The van der Waals surface area contributed by atoms with Crippen molar-refractivity contribution >= 4 is 22.8 Å². The number of anilines is 2. The van der Waals surface area contributed by atoms with Crippen molar-refractivity contribution in [2.24, 2.45) is 0 Å². The van der Waals surface area contributed by atoms with Gasteiger partial charge in [-0.05, 0) is 39.2 Å². The number of nitrogens with zero attached hydrogens (tertiary/aromatic N) is 3. The van der Waals surface area contributed by atoms with Gasteiger partial charge in [-0.25, -0.2) is 15.0 Å². The zero-order valence-corrected chi connectivity index (χ0v) is 15.8. The standard InChI is InChI=1S/C20H25N5O/c1-5-6-7-10-16-14(4)22-20(24-18(16)26)25-19-21-13(3)15-11-8-9-12(2)17(15)23-19/h8-9,11H,5-7,10H2,1-4H3,(H2,21,22,23,24,25,26). The largest absolute Gasteiger partial charge is 0.294 e. The molecular formula is C20H25N5O. The second kappa shape index (κ2) is 7.64. The van der Waals surface area contributed by atoms with Crippen LogP contribution >= 0.6 is 0 Å². The highest BCUT2D eigenvalue weighted by atomic mass is 16.1. The van der Waals surface area contributed by atoms with Crippen molar-refractivity contribution in [2.45, 2.75) is 53.4 Å². The Morgan fingerprint density at radius 1 is 1.04 bits per heavy atom. The molecule has 3 rings (SSSR count).